The number of ketones is 2. The molecule has 0 aromatic rings. The second-order valence-corrected chi connectivity index (χ2v) is 5.33. The zero-order valence-electron chi connectivity index (χ0n) is 11.8. The Morgan fingerprint density at radius 1 is 1.40 bits per heavy atom. The minimum absolute atomic E-state index is 0.0684. The molecule has 0 aromatic heterocycles. The van der Waals surface area contributed by atoms with Crippen LogP contribution in [0.3, 0.4) is 0 Å². The lowest BCUT2D eigenvalue weighted by atomic mass is 9.57. The summed E-state index contributed by atoms with van der Waals surface area (Å²) < 4.78 is 9.70. The Morgan fingerprint density at radius 2 is 2.10 bits per heavy atom. The van der Waals surface area contributed by atoms with E-state index in [9.17, 15) is 14.4 Å². The van der Waals surface area contributed by atoms with Gasteiger partial charge < -0.3 is 9.47 Å². The third-order valence-electron chi connectivity index (χ3n) is 4.40. The van der Waals surface area contributed by atoms with E-state index < -0.39 is 17.3 Å². The Hall–Kier alpha value is -1.91. The number of methoxy groups -OCH3 is 2. The van der Waals surface area contributed by atoms with E-state index in [2.05, 4.69) is 4.74 Å². The predicted octanol–water partition coefficient (Wildman–Crippen LogP) is 1.43. The molecule has 0 bridgehead atoms. The number of allylic oxidation sites excluding steroid dienone is 4. The number of fused-ring (bicyclic) bond motifs is 1. The highest BCUT2D eigenvalue weighted by Gasteiger charge is 2.54. The molecule has 0 fully saturated rings. The molecule has 108 valence electrons. The van der Waals surface area contributed by atoms with Gasteiger partial charge in [-0.25, -0.2) is 0 Å². The van der Waals surface area contributed by atoms with Crippen molar-refractivity contribution in [2.45, 2.75) is 19.8 Å². The van der Waals surface area contributed by atoms with Crippen LogP contribution in [0.25, 0.3) is 0 Å². The maximum Gasteiger partial charge on any atom is 0.306 e. The first-order valence-corrected chi connectivity index (χ1v) is 6.53. The van der Waals surface area contributed by atoms with E-state index in [4.69, 9.17) is 4.74 Å². The van der Waals surface area contributed by atoms with Gasteiger partial charge in [0, 0.05) is 17.9 Å². The summed E-state index contributed by atoms with van der Waals surface area (Å²) in [5, 5.41) is 0. The van der Waals surface area contributed by atoms with E-state index in [0.29, 0.717) is 6.42 Å². The topological polar surface area (TPSA) is 69.7 Å². The van der Waals surface area contributed by atoms with Gasteiger partial charge in [0.05, 0.1) is 26.1 Å². The summed E-state index contributed by atoms with van der Waals surface area (Å²) in [7, 11) is 2.68. The third-order valence-corrected chi connectivity index (χ3v) is 4.40. The zero-order chi connectivity index (χ0) is 14.9. The summed E-state index contributed by atoms with van der Waals surface area (Å²) in [4.78, 5) is 36.3. The van der Waals surface area contributed by atoms with Gasteiger partial charge in [0.1, 0.15) is 0 Å². The van der Waals surface area contributed by atoms with Crippen LogP contribution in [0, 0.1) is 17.3 Å². The molecular weight excluding hydrogens is 260 g/mol. The van der Waals surface area contributed by atoms with Crippen LogP contribution in [0.4, 0.5) is 0 Å². The van der Waals surface area contributed by atoms with Gasteiger partial charge in [0.15, 0.2) is 11.5 Å². The van der Waals surface area contributed by atoms with E-state index in [1.807, 2.05) is 12.2 Å². The van der Waals surface area contributed by atoms with E-state index in [0.717, 1.165) is 0 Å². The van der Waals surface area contributed by atoms with Gasteiger partial charge in [-0.05, 0) is 6.42 Å². The van der Waals surface area contributed by atoms with Crippen molar-refractivity contribution in [3.05, 3.63) is 24.0 Å². The minimum Gasteiger partial charge on any atom is -0.493 e. The highest BCUT2D eigenvalue weighted by molar-refractivity contribution is 6.12. The number of ether oxygens (including phenoxy) is 2. The molecule has 5 heteroatoms. The summed E-state index contributed by atoms with van der Waals surface area (Å²) in [5.41, 5.74) is -0.944. The van der Waals surface area contributed by atoms with Gasteiger partial charge in [0.2, 0.25) is 5.78 Å². The van der Waals surface area contributed by atoms with E-state index in [-0.39, 0.29) is 29.7 Å². The molecule has 0 heterocycles. The molecule has 2 rings (SSSR count). The number of rotatable bonds is 3. The summed E-state index contributed by atoms with van der Waals surface area (Å²) in [6.07, 6.45) is 5.54. The van der Waals surface area contributed by atoms with Crippen molar-refractivity contribution in [1.82, 2.24) is 0 Å². The van der Waals surface area contributed by atoms with E-state index in [1.54, 1.807) is 6.92 Å². The van der Waals surface area contributed by atoms with Gasteiger partial charge >= 0.3 is 5.97 Å². The average Bonchev–Trinajstić information content (AvgIpc) is 2.44. The normalized spacial score (nSPS) is 32.5. The highest BCUT2D eigenvalue weighted by atomic mass is 16.5. The van der Waals surface area contributed by atoms with Crippen molar-refractivity contribution in [2.24, 2.45) is 17.3 Å². The quantitative estimate of drug-likeness (QED) is 0.577. The summed E-state index contributed by atoms with van der Waals surface area (Å²) in [6.45, 7) is 1.74. The summed E-state index contributed by atoms with van der Waals surface area (Å²) in [5.74, 6) is -1.46. The van der Waals surface area contributed by atoms with Gasteiger partial charge in [-0.2, -0.15) is 0 Å². The lowest BCUT2D eigenvalue weighted by molar-refractivity contribution is -0.148. The average molecular weight is 278 g/mol. The maximum absolute atomic E-state index is 12.6. The first kappa shape index (κ1) is 14.5. The molecule has 0 radical (unpaired) electrons. The number of carbonyl (C=O) groups is 3. The van der Waals surface area contributed by atoms with E-state index >= 15 is 0 Å². The standard InChI is InChI=1S/C15H18O5/c1-15-9(7-13(17)20-3)5-4-6-10(15)11(16)8-12(19-2)14(15)18/h4-5,8-10H,6-7H2,1-3H3. The van der Waals surface area contributed by atoms with Crippen molar-refractivity contribution >= 4 is 17.5 Å². The Kier molecular flexibility index (Phi) is 3.79. The summed E-state index contributed by atoms with van der Waals surface area (Å²) in [6, 6.07) is 0. The molecule has 0 saturated carbocycles. The molecule has 2 aliphatic rings. The molecule has 0 spiro atoms. The Labute approximate surface area is 117 Å². The van der Waals surface area contributed by atoms with Gasteiger partial charge in [-0.3, -0.25) is 14.4 Å². The minimum atomic E-state index is -0.944. The predicted molar refractivity (Wildman–Crippen MR) is 70.6 cm³/mol. The van der Waals surface area contributed by atoms with Gasteiger partial charge in [-0.1, -0.05) is 19.1 Å². The molecule has 0 aromatic carbocycles. The fourth-order valence-corrected chi connectivity index (χ4v) is 3.08. The number of carbonyl (C=O) groups excluding carboxylic acids is 3. The van der Waals surface area contributed by atoms with Gasteiger partial charge in [-0.15, -0.1) is 0 Å². The molecule has 0 amide bonds. The van der Waals surface area contributed by atoms with Crippen LogP contribution < -0.4 is 0 Å². The second kappa shape index (κ2) is 5.23. The van der Waals surface area contributed by atoms with Crippen LogP contribution in [0.5, 0.6) is 0 Å². The van der Waals surface area contributed by atoms with Crippen molar-refractivity contribution in [2.75, 3.05) is 14.2 Å². The molecule has 3 atom stereocenters. The van der Waals surface area contributed by atoms with Crippen LogP contribution >= 0.6 is 0 Å². The van der Waals surface area contributed by atoms with Crippen LogP contribution in [0.2, 0.25) is 0 Å². The maximum atomic E-state index is 12.6. The van der Waals surface area contributed by atoms with Crippen molar-refractivity contribution < 1.29 is 23.9 Å². The summed E-state index contributed by atoms with van der Waals surface area (Å²) >= 11 is 0. The van der Waals surface area contributed by atoms with Crippen molar-refractivity contribution in [3.8, 4) is 0 Å². The molecule has 20 heavy (non-hydrogen) atoms. The van der Waals surface area contributed by atoms with Crippen LogP contribution in [-0.2, 0) is 23.9 Å². The first-order chi connectivity index (χ1) is 9.44. The molecule has 5 nitrogen and oxygen atoms in total. The Balaban J connectivity index is 2.42. The molecule has 0 saturated heterocycles. The SMILES string of the molecule is COC(=O)CC1C=CCC2C(=O)C=C(OC)C(=O)C12C. The number of hydrogen-bond donors (Lipinski definition) is 0. The fourth-order valence-electron chi connectivity index (χ4n) is 3.08. The lowest BCUT2D eigenvalue weighted by Gasteiger charge is -2.44. The zero-order valence-corrected chi connectivity index (χ0v) is 11.8. The number of Topliss-reactive ketones (excluding diaryl/α,β-unsaturated/α-hetero) is 1. The Morgan fingerprint density at radius 3 is 2.70 bits per heavy atom. The van der Waals surface area contributed by atoms with Crippen molar-refractivity contribution in [1.29, 1.82) is 0 Å². The number of hydrogen-bond acceptors (Lipinski definition) is 5. The van der Waals surface area contributed by atoms with Crippen LogP contribution in [-0.4, -0.2) is 31.8 Å². The van der Waals surface area contributed by atoms with Crippen LogP contribution in [0.1, 0.15) is 19.8 Å². The third kappa shape index (κ3) is 2.07. The molecule has 3 unspecified atom stereocenters. The molecule has 0 aliphatic heterocycles. The smallest absolute Gasteiger partial charge is 0.306 e. The monoisotopic (exact) mass is 278 g/mol. The molecule has 2 aliphatic carbocycles. The van der Waals surface area contributed by atoms with Crippen molar-refractivity contribution in [3.63, 3.8) is 0 Å². The van der Waals surface area contributed by atoms with Gasteiger partial charge in [0.25, 0.3) is 0 Å². The molecule has 0 N–H and O–H groups in total. The van der Waals surface area contributed by atoms with E-state index in [1.165, 1.54) is 20.3 Å². The highest BCUT2D eigenvalue weighted by Crippen LogP contribution is 2.48. The number of esters is 1. The van der Waals surface area contributed by atoms with Crippen LogP contribution in [0.15, 0.2) is 24.0 Å². The Bertz CT molecular complexity index is 516. The second-order valence-electron chi connectivity index (χ2n) is 5.33. The fraction of sp³-hybridized carbons (Fsp3) is 0.533. The lowest BCUT2D eigenvalue weighted by Crippen LogP contribution is -2.50. The first-order valence-electron chi connectivity index (χ1n) is 6.53. The largest absolute Gasteiger partial charge is 0.493 e. The molecular formula is C15H18O5.